The summed E-state index contributed by atoms with van der Waals surface area (Å²) in [6.07, 6.45) is 1.19. The second-order valence-electron chi connectivity index (χ2n) is 6.67. The Bertz CT molecular complexity index is 694. The lowest BCUT2D eigenvalue weighted by atomic mass is 9.77. The van der Waals surface area contributed by atoms with Crippen LogP contribution in [0.1, 0.15) is 24.8 Å². The molecule has 2 aliphatic heterocycles. The van der Waals surface area contributed by atoms with E-state index in [2.05, 4.69) is 5.32 Å². The summed E-state index contributed by atoms with van der Waals surface area (Å²) in [6, 6.07) is 7.40. The van der Waals surface area contributed by atoms with Crippen molar-refractivity contribution in [1.82, 2.24) is 10.2 Å². The van der Waals surface area contributed by atoms with E-state index in [1.165, 1.54) is 0 Å². The van der Waals surface area contributed by atoms with Crippen LogP contribution in [0.25, 0.3) is 0 Å². The quantitative estimate of drug-likeness (QED) is 0.841. The number of hydrogen-bond acceptors (Lipinski definition) is 4. The number of hydrogen-bond donors (Lipinski definition) is 2. The lowest BCUT2D eigenvalue weighted by Crippen LogP contribution is -2.56. The van der Waals surface area contributed by atoms with Gasteiger partial charge >= 0.3 is 5.97 Å². The van der Waals surface area contributed by atoms with E-state index in [9.17, 15) is 19.5 Å². The molecule has 2 N–H and O–H groups in total. The van der Waals surface area contributed by atoms with Gasteiger partial charge in [-0.3, -0.25) is 14.4 Å². The van der Waals surface area contributed by atoms with E-state index in [1.54, 1.807) is 12.0 Å². The van der Waals surface area contributed by atoms with Crippen molar-refractivity contribution in [2.45, 2.75) is 31.2 Å². The number of rotatable bonds is 4. The van der Waals surface area contributed by atoms with Gasteiger partial charge in [0.1, 0.15) is 5.75 Å². The molecule has 2 saturated heterocycles. The molecular formula is C18H22N2O5. The standard InChI is InChI=1S/C18H22N2O5/c1-25-14-5-3-2-4-12(14)10-16(22)20-8-6-18(7-9-20)13(17(23)24)11-15(21)19-18/h2-5,13H,6-11H2,1H3,(H,19,21)(H,23,24)/t13-/m0/s1. The number of amides is 2. The zero-order valence-corrected chi connectivity index (χ0v) is 14.2. The largest absolute Gasteiger partial charge is 0.496 e. The summed E-state index contributed by atoms with van der Waals surface area (Å²) in [5.41, 5.74) is 0.109. The number of likely N-dealkylation sites (tertiary alicyclic amines) is 1. The molecule has 2 heterocycles. The van der Waals surface area contributed by atoms with E-state index in [4.69, 9.17) is 4.74 Å². The van der Waals surface area contributed by atoms with Crippen LogP contribution in [0.5, 0.6) is 5.75 Å². The minimum atomic E-state index is -0.952. The zero-order chi connectivity index (χ0) is 18.0. The van der Waals surface area contributed by atoms with Crippen LogP contribution in [-0.4, -0.2) is 53.5 Å². The minimum Gasteiger partial charge on any atom is -0.496 e. The van der Waals surface area contributed by atoms with Gasteiger partial charge in [0.2, 0.25) is 11.8 Å². The maximum Gasteiger partial charge on any atom is 0.309 e. The number of nitrogens with one attached hydrogen (secondary N) is 1. The highest BCUT2D eigenvalue weighted by molar-refractivity contribution is 5.88. The molecule has 0 unspecified atom stereocenters. The Labute approximate surface area is 146 Å². The zero-order valence-electron chi connectivity index (χ0n) is 14.2. The molecule has 1 spiro atoms. The van der Waals surface area contributed by atoms with Crippen molar-refractivity contribution < 1.29 is 24.2 Å². The monoisotopic (exact) mass is 346 g/mol. The number of benzene rings is 1. The predicted octanol–water partition coefficient (Wildman–Crippen LogP) is 0.820. The van der Waals surface area contributed by atoms with Gasteiger partial charge in [-0.1, -0.05) is 18.2 Å². The van der Waals surface area contributed by atoms with Gasteiger partial charge in [0.15, 0.2) is 0 Å². The fraction of sp³-hybridized carbons (Fsp3) is 0.500. The van der Waals surface area contributed by atoms with Crippen LogP contribution >= 0.6 is 0 Å². The van der Waals surface area contributed by atoms with Crippen LogP contribution in [0.2, 0.25) is 0 Å². The fourth-order valence-corrected chi connectivity index (χ4v) is 3.87. The molecule has 7 heteroatoms. The number of ether oxygens (including phenoxy) is 1. The van der Waals surface area contributed by atoms with Gasteiger partial charge in [0.25, 0.3) is 0 Å². The number of methoxy groups -OCH3 is 1. The molecular weight excluding hydrogens is 324 g/mol. The van der Waals surface area contributed by atoms with Crippen molar-refractivity contribution >= 4 is 17.8 Å². The Morgan fingerprint density at radius 3 is 2.64 bits per heavy atom. The molecule has 2 fully saturated rings. The summed E-state index contributed by atoms with van der Waals surface area (Å²) in [7, 11) is 1.57. The highest BCUT2D eigenvalue weighted by Crippen LogP contribution is 2.37. The minimum absolute atomic E-state index is 0.0180. The number of piperidine rings is 1. The molecule has 0 aliphatic carbocycles. The Morgan fingerprint density at radius 2 is 2.00 bits per heavy atom. The number of para-hydroxylation sites is 1. The molecule has 7 nitrogen and oxygen atoms in total. The topological polar surface area (TPSA) is 95.9 Å². The molecule has 0 radical (unpaired) electrons. The highest BCUT2D eigenvalue weighted by Gasteiger charge is 2.51. The van der Waals surface area contributed by atoms with Gasteiger partial charge < -0.3 is 20.1 Å². The van der Waals surface area contributed by atoms with Gasteiger partial charge in [-0.25, -0.2) is 0 Å². The number of nitrogens with zero attached hydrogens (tertiary/aromatic N) is 1. The number of carboxylic acids is 1. The number of carbonyl (C=O) groups is 3. The van der Waals surface area contributed by atoms with Crippen molar-refractivity contribution in [3.8, 4) is 5.75 Å². The summed E-state index contributed by atoms with van der Waals surface area (Å²) in [5.74, 6) is -1.23. The van der Waals surface area contributed by atoms with E-state index in [1.807, 2.05) is 24.3 Å². The van der Waals surface area contributed by atoms with E-state index in [0.29, 0.717) is 31.7 Å². The molecule has 0 aromatic heterocycles. The van der Waals surface area contributed by atoms with Gasteiger partial charge in [-0.2, -0.15) is 0 Å². The van der Waals surface area contributed by atoms with Crippen LogP contribution < -0.4 is 10.1 Å². The molecule has 134 valence electrons. The molecule has 25 heavy (non-hydrogen) atoms. The average Bonchev–Trinajstić information content (AvgIpc) is 2.92. The number of aliphatic carboxylic acids is 1. The number of carbonyl (C=O) groups excluding carboxylic acids is 2. The number of carboxylic acid groups (broad SMARTS) is 1. The third-order valence-corrected chi connectivity index (χ3v) is 5.29. The van der Waals surface area contributed by atoms with E-state index in [-0.39, 0.29) is 24.7 Å². The van der Waals surface area contributed by atoms with E-state index < -0.39 is 17.4 Å². The van der Waals surface area contributed by atoms with Crippen LogP contribution in [0.3, 0.4) is 0 Å². The van der Waals surface area contributed by atoms with Crippen LogP contribution in [-0.2, 0) is 20.8 Å². The van der Waals surface area contributed by atoms with Crippen molar-refractivity contribution in [2.75, 3.05) is 20.2 Å². The van der Waals surface area contributed by atoms with Gasteiger partial charge in [0, 0.05) is 25.1 Å². The maximum atomic E-state index is 12.6. The molecule has 2 aliphatic rings. The molecule has 0 bridgehead atoms. The van der Waals surface area contributed by atoms with Crippen LogP contribution in [0.4, 0.5) is 0 Å². The summed E-state index contributed by atoms with van der Waals surface area (Å²) < 4.78 is 5.28. The molecule has 1 atom stereocenters. The summed E-state index contributed by atoms with van der Waals surface area (Å²) >= 11 is 0. The molecule has 3 rings (SSSR count). The summed E-state index contributed by atoms with van der Waals surface area (Å²) in [4.78, 5) is 37.5. The lowest BCUT2D eigenvalue weighted by molar-refractivity contribution is -0.145. The first-order valence-corrected chi connectivity index (χ1v) is 8.39. The van der Waals surface area contributed by atoms with Crippen molar-refractivity contribution in [1.29, 1.82) is 0 Å². The van der Waals surface area contributed by atoms with Gasteiger partial charge in [-0.05, 0) is 18.9 Å². The third kappa shape index (κ3) is 3.31. The lowest BCUT2D eigenvalue weighted by Gasteiger charge is -2.41. The first-order chi connectivity index (χ1) is 11.9. The predicted molar refractivity (Wildman–Crippen MR) is 89.1 cm³/mol. The van der Waals surface area contributed by atoms with E-state index in [0.717, 1.165) is 5.56 Å². The Kier molecular flexibility index (Phi) is 4.65. The molecule has 2 amide bonds. The molecule has 0 saturated carbocycles. The van der Waals surface area contributed by atoms with Crippen molar-refractivity contribution in [3.05, 3.63) is 29.8 Å². The van der Waals surface area contributed by atoms with Crippen LogP contribution in [0.15, 0.2) is 24.3 Å². The maximum absolute atomic E-state index is 12.6. The summed E-state index contributed by atoms with van der Waals surface area (Å²) in [5, 5.41) is 12.2. The van der Waals surface area contributed by atoms with E-state index >= 15 is 0 Å². The van der Waals surface area contributed by atoms with Crippen LogP contribution in [0, 0.1) is 5.92 Å². The third-order valence-electron chi connectivity index (χ3n) is 5.29. The molecule has 1 aromatic carbocycles. The first kappa shape index (κ1) is 17.3. The smallest absolute Gasteiger partial charge is 0.309 e. The summed E-state index contributed by atoms with van der Waals surface area (Å²) in [6.45, 7) is 0.885. The molecule has 1 aromatic rings. The Balaban J connectivity index is 1.65. The second-order valence-corrected chi connectivity index (χ2v) is 6.67. The van der Waals surface area contributed by atoms with Crippen molar-refractivity contribution in [3.63, 3.8) is 0 Å². The first-order valence-electron chi connectivity index (χ1n) is 8.39. The van der Waals surface area contributed by atoms with Gasteiger partial charge in [0.05, 0.1) is 25.0 Å². The average molecular weight is 346 g/mol. The Hall–Kier alpha value is -2.57. The highest BCUT2D eigenvalue weighted by atomic mass is 16.5. The Morgan fingerprint density at radius 1 is 1.32 bits per heavy atom. The van der Waals surface area contributed by atoms with Crippen molar-refractivity contribution in [2.24, 2.45) is 5.92 Å². The fourth-order valence-electron chi connectivity index (χ4n) is 3.87. The normalized spacial score (nSPS) is 21.9. The second kappa shape index (κ2) is 6.74. The van der Waals surface area contributed by atoms with Gasteiger partial charge in [-0.15, -0.1) is 0 Å². The SMILES string of the molecule is COc1ccccc1CC(=O)N1CCC2(CC1)NC(=O)C[C@H]2C(=O)O.